The fourth-order valence-electron chi connectivity index (χ4n) is 3.93. The van der Waals surface area contributed by atoms with Crippen molar-refractivity contribution >= 4 is 39.2 Å². The molecule has 10 nitrogen and oxygen atoms in total. The first kappa shape index (κ1) is 22.8. The van der Waals surface area contributed by atoms with E-state index in [4.69, 9.17) is 16.3 Å². The highest BCUT2D eigenvalue weighted by molar-refractivity contribution is 7.92. The summed E-state index contributed by atoms with van der Waals surface area (Å²) in [6, 6.07) is 7.20. The second kappa shape index (κ2) is 9.65. The molecule has 174 valence electrons. The number of rotatable bonds is 5. The number of hydrogen-bond acceptors (Lipinski definition) is 7. The monoisotopic (exact) mass is 482 g/mol. The second-order valence-electron chi connectivity index (χ2n) is 7.94. The molecule has 2 aliphatic heterocycles. The van der Waals surface area contributed by atoms with E-state index < -0.39 is 10.0 Å². The van der Waals surface area contributed by atoms with Crippen molar-refractivity contribution in [2.75, 3.05) is 68.4 Å². The van der Waals surface area contributed by atoms with Crippen molar-refractivity contribution in [3.05, 3.63) is 41.0 Å². The van der Waals surface area contributed by atoms with Crippen molar-refractivity contribution in [1.82, 2.24) is 19.6 Å². The Bertz CT molecular complexity index is 1060. The molecule has 0 spiro atoms. The van der Waals surface area contributed by atoms with Crippen LogP contribution in [0.1, 0.15) is 5.56 Å². The summed E-state index contributed by atoms with van der Waals surface area (Å²) in [5, 5.41) is 4.74. The Hall–Kier alpha value is -2.34. The summed E-state index contributed by atoms with van der Waals surface area (Å²) in [5.74, 6) is 0.123. The number of amides is 1. The molecule has 1 amide bonds. The zero-order valence-electron chi connectivity index (χ0n) is 17.9. The highest BCUT2D eigenvalue weighted by atomic mass is 35.5. The highest BCUT2D eigenvalue weighted by Gasteiger charge is 2.24. The Morgan fingerprint density at radius 1 is 1.12 bits per heavy atom. The Morgan fingerprint density at radius 3 is 2.53 bits per heavy atom. The lowest BCUT2D eigenvalue weighted by Gasteiger charge is -2.36. The van der Waals surface area contributed by atoms with E-state index in [2.05, 4.69) is 25.7 Å². The van der Waals surface area contributed by atoms with E-state index in [-0.39, 0.29) is 11.8 Å². The Labute approximate surface area is 192 Å². The molecule has 0 radical (unpaired) electrons. The van der Waals surface area contributed by atoms with E-state index >= 15 is 0 Å². The molecule has 0 bridgehead atoms. The number of ether oxygens (including phenoxy) is 1. The van der Waals surface area contributed by atoms with E-state index in [0.29, 0.717) is 26.3 Å². The van der Waals surface area contributed by atoms with Gasteiger partial charge in [-0.1, -0.05) is 17.7 Å². The number of carbonyl (C=O) groups excluding carboxylic acids is 1. The topological polar surface area (TPSA) is 100 Å². The van der Waals surface area contributed by atoms with Crippen LogP contribution in [0, 0.1) is 0 Å². The highest BCUT2D eigenvalue weighted by Crippen LogP contribution is 2.27. The van der Waals surface area contributed by atoms with Crippen molar-refractivity contribution in [1.29, 1.82) is 0 Å². The summed E-state index contributed by atoms with van der Waals surface area (Å²) < 4.78 is 31.6. The number of aromatic nitrogens is 2. The molecular formula is C20H27ClN6O4S. The summed E-state index contributed by atoms with van der Waals surface area (Å²) in [4.78, 5) is 19.1. The normalized spacial score (nSPS) is 18.1. The molecule has 0 saturated carbocycles. The molecule has 2 fully saturated rings. The van der Waals surface area contributed by atoms with Crippen molar-refractivity contribution < 1.29 is 17.9 Å². The number of carbonyl (C=O) groups is 1. The van der Waals surface area contributed by atoms with Crippen LogP contribution in [0.3, 0.4) is 0 Å². The third kappa shape index (κ3) is 5.71. The standard InChI is InChI=1S/C20H27ClN6O4S/c1-32(29,30)23-19-4-5-27(22-19)20(28)26-8-6-24(7-9-26)15-16-2-3-17(21)14-18(16)25-10-12-31-13-11-25/h2-5,14H,6-13,15H2,1H3,(H,22,23). The summed E-state index contributed by atoms with van der Waals surface area (Å²) in [5.41, 5.74) is 2.35. The van der Waals surface area contributed by atoms with Gasteiger partial charge in [0.2, 0.25) is 10.0 Å². The van der Waals surface area contributed by atoms with Crippen LogP contribution >= 0.6 is 11.6 Å². The molecule has 0 atom stereocenters. The number of anilines is 2. The molecule has 0 unspecified atom stereocenters. The van der Waals surface area contributed by atoms with Gasteiger partial charge in [0.25, 0.3) is 0 Å². The summed E-state index contributed by atoms with van der Waals surface area (Å²) >= 11 is 6.27. The van der Waals surface area contributed by atoms with Gasteiger partial charge in [0.05, 0.1) is 19.5 Å². The summed E-state index contributed by atoms with van der Waals surface area (Å²) in [6.07, 6.45) is 2.50. The van der Waals surface area contributed by atoms with E-state index in [0.717, 1.165) is 49.7 Å². The summed E-state index contributed by atoms with van der Waals surface area (Å²) in [6.45, 7) is 6.46. The number of nitrogens with zero attached hydrogens (tertiary/aromatic N) is 5. The van der Waals surface area contributed by atoms with Gasteiger partial charge in [-0.3, -0.25) is 9.62 Å². The van der Waals surface area contributed by atoms with E-state index in [1.54, 1.807) is 4.90 Å². The van der Waals surface area contributed by atoms with E-state index in [1.807, 2.05) is 12.1 Å². The fourth-order valence-corrected chi connectivity index (χ4v) is 4.58. The van der Waals surface area contributed by atoms with Crippen LogP contribution in [0.25, 0.3) is 0 Å². The van der Waals surface area contributed by atoms with Gasteiger partial charge in [0.15, 0.2) is 5.82 Å². The van der Waals surface area contributed by atoms with Crippen molar-refractivity contribution in [2.24, 2.45) is 0 Å². The lowest BCUT2D eigenvalue weighted by atomic mass is 10.1. The lowest BCUT2D eigenvalue weighted by Crippen LogP contribution is -2.49. The van der Waals surface area contributed by atoms with Crippen LogP contribution in [0.4, 0.5) is 16.3 Å². The quantitative estimate of drug-likeness (QED) is 0.689. The maximum Gasteiger partial charge on any atom is 0.344 e. The molecule has 12 heteroatoms. The minimum absolute atomic E-state index is 0.123. The number of halogens is 1. The lowest BCUT2D eigenvalue weighted by molar-refractivity contribution is 0.122. The molecule has 32 heavy (non-hydrogen) atoms. The molecule has 1 N–H and O–H groups in total. The molecule has 3 heterocycles. The average molecular weight is 483 g/mol. The van der Waals surface area contributed by atoms with Crippen LogP contribution in [-0.2, 0) is 21.3 Å². The summed E-state index contributed by atoms with van der Waals surface area (Å²) in [7, 11) is -3.44. The second-order valence-corrected chi connectivity index (χ2v) is 10.1. The van der Waals surface area contributed by atoms with Gasteiger partial charge in [-0.2, -0.15) is 4.68 Å². The molecule has 1 aromatic heterocycles. The fraction of sp³-hybridized carbons (Fsp3) is 0.500. The van der Waals surface area contributed by atoms with Crippen molar-refractivity contribution in [2.45, 2.75) is 6.54 Å². The molecule has 0 aliphatic carbocycles. The van der Waals surface area contributed by atoms with Gasteiger partial charge in [0, 0.05) is 68.8 Å². The van der Waals surface area contributed by atoms with Gasteiger partial charge >= 0.3 is 6.03 Å². The first-order chi connectivity index (χ1) is 15.3. The number of hydrogen-bond donors (Lipinski definition) is 1. The van der Waals surface area contributed by atoms with E-state index in [1.165, 1.54) is 22.5 Å². The molecular weight excluding hydrogens is 456 g/mol. The maximum absolute atomic E-state index is 12.7. The van der Waals surface area contributed by atoms with Crippen LogP contribution in [0.5, 0.6) is 0 Å². The van der Waals surface area contributed by atoms with Crippen LogP contribution in [-0.4, -0.2) is 92.8 Å². The predicted octanol–water partition coefficient (Wildman–Crippen LogP) is 1.53. The number of sulfonamides is 1. The van der Waals surface area contributed by atoms with Gasteiger partial charge in [-0.15, -0.1) is 5.10 Å². The predicted molar refractivity (Wildman–Crippen MR) is 123 cm³/mol. The van der Waals surface area contributed by atoms with E-state index in [9.17, 15) is 13.2 Å². The van der Waals surface area contributed by atoms with Crippen LogP contribution in [0.2, 0.25) is 5.02 Å². The van der Waals surface area contributed by atoms with Crippen LogP contribution in [0.15, 0.2) is 30.5 Å². The first-order valence-corrected chi connectivity index (χ1v) is 12.7. The average Bonchev–Trinajstić information content (AvgIpc) is 3.22. The first-order valence-electron chi connectivity index (χ1n) is 10.4. The Kier molecular flexibility index (Phi) is 6.89. The molecule has 2 saturated heterocycles. The maximum atomic E-state index is 12.7. The minimum atomic E-state index is -3.44. The van der Waals surface area contributed by atoms with Crippen LogP contribution < -0.4 is 9.62 Å². The SMILES string of the molecule is CS(=O)(=O)Nc1ccn(C(=O)N2CCN(Cc3ccc(Cl)cc3N3CCOCC3)CC2)n1. The van der Waals surface area contributed by atoms with Gasteiger partial charge in [-0.25, -0.2) is 13.2 Å². The van der Waals surface area contributed by atoms with Gasteiger partial charge in [0.1, 0.15) is 0 Å². The Morgan fingerprint density at radius 2 is 1.84 bits per heavy atom. The van der Waals surface area contributed by atoms with Crippen molar-refractivity contribution in [3.8, 4) is 0 Å². The largest absolute Gasteiger partial charge is 0.378 e. The molecule has 1 aromatic carbocycles. The van der Waals surface area contributed by atoms with Crippen molar-refractivity contribution in [3.63, 3.8) is 0 Å². The minimum Gasteiger partial charge on any atom is -0.378 e. The number of benzene rings is 1. The zero-order valence-corrected chi connectivity index (χ0v) is 19.5. The zero-order chi connectivity index (χ0) is 22.7. The third-order valence-corrected chi connectivity index (χ3v) is 6.33. The third-order valence-electron chi connectivity index (χ3n) is 5.51. The molecule has 2 aliphatic rings. The van der Waals surface area contributed by atoms with Gasteiger partial charge < -0.3 is 14.5 Å². The number of piperazine rings is 1. The number of morpholine rings is 1. The molecule has 4 rings (SSSR count). The molecule has 2 aromatic rings. The van der Waals surface area contributed by atoms with Gasteiger partial charge in [-0.05, 0) is 17.7 Å². The number of nitrogens with one attached hydrogen (secondary N) is 1. The smallest absolute Gasteiger partial charge is 0.344 e. The Balaban J connectivity index is 1.36.